The van der Waals surface area contributed by atoms with Crippen LogP contribution in [0.25, 0.3) is 0 Å². The average Bonchev–Trinajstić information content (AvgIpc) is 3.01. The highest BCUT2D eigenvalue weighted by Gasteiger charge is 2.37. The van der Waals surface area contributed by atoms with Crippen molar-refractivity contribution in [1.29, 1.82) is 0 Å². The number of rotatable bonds is 3. The summed E-state index contributed by atoms with van der Waals surface area (Å²) in [4.78, 5) is 26.8. The molecule has 0 bridgehead atoms. The number of aliphatic hydroxyl groups is 1. The van der Waals surface area contributed by atoms with Crippen LogP contribution in [0.2, 0.25) is 0 Å². The first-order valence-corrected chi connectivity index (χ1v) is 8.99. The van der Waals surface area contributed by atoms with Gasteiger partial charge in [-0.25, -0.2) is 0 Å². The predicted octanol–water partition coefficient (Wildman–Crippen LogP) is 2.72. The lowest BCUT2D eigenvalue weighted by Gasteiger charge is -2.31. The van der Waals surface area contributed by atoms with Gasteiger partial charge in [0.05, 0.1) is 18.8 Å². The first-order valence-electron chi connectivity index (χ1n) is 8.99. The highest BCUT2D eigenvalue weighted by molar-refractivity contribution is 6.09. The van der Waals surface area contributed by atoms with Crippen molar-refractivity contribution in [3.63, 3.8) is 0 Å². The zero-order chi connectivity index (χ0) is 18.1. The lowest BCUT2D eigenvalue weighted by molar-refractivity contribution is -0.132. The third kappa shape index (κ3) is 2.99. The van der Waals surface area contributed by atoms with Gasteiger partial charge in [0.2, 0.25) is 5.91 Å². The molecule has 26 heavy (non-hydrogen) atoms. The van der Waals surface area contributed by atoms with Gasteiger partial charge in [-0.1, -0.05) is 30.3 Å². The van der Waals surface area contributed by atoms with Crippen LogP contribution < -0.4 is 4.74 Å². The number of hydrogen-bond donors (Lipinski definition) is 1. The molecule has 0 spiro atoms. The van der Waals surface area contributed by atoms with Crippen LogP contribution in [0, 0.1) is 0 Å². The normalized spacial score (nSPS) is 22.5. The lowest BCUT2D eigenvalue weighted by atomic mass is 9.94. The average molecular weight is 351 g/mol. The van der Waals surface area contributed by atoms with Gasteiger partial charge in [-0.3, -0.25) is 9.59 Å². The Morgan fingerprint density at radius 1 is 1.12 bits per heavy atom. The number of carbonyl (C=O) groups excluding carboxylic acids is 2. The van der Waals surface area contributed by atoms with E-state index in [9.17, 15) is 14.7 Å². The maximum atomic E-state index is 12.8. The fourth-order valence-electron chi connectivity index (χ4n) is 3.80. The molecule has 1 amide bonds. The second-order valence-corrected chi connectivity index (χ2v) is 6.79. The molecule has 2 aromatic carbocycles. The van der Waals surface area contributed by atoms with Crippen molar-refractivity contribution < 1.29 is 19.4 Å². The smallest absolute Gasteiger partial charge is 0.223 e. The van der Waals surface area contributed by atoms with Gasteiger partial charge in [0.15, 0.2) is 5.78 Å². The number of carbonyl (C=O) groups is 2. The van der Waals surface area contributed by atoms with E-state index in [4.69, 9.17) is 4.74 Å². The highest BCUT2D eigenvalue weighted by atomic mass is 16.5. The molecule has 2 aliphatic rings. The molecule has 2 aliphatic heterocycles. The fraction of sp³-hybridized carbons (Fsp3) is 0.333. The van der Waals surface area contributed by atoms with E-state index in [2.05, 4.69) is 0 Å². The molecule has 134 valence electrons. The molecule has 0 radical (unpaired) electrons. The Morgan fingerprint density at radius 3 is 2.65 bits per heavy atom. The molecular weight excluding hydrogens is 330 g/mol. The minimum Gasteiger partial charge on any atom is -0.493 e. The largest absolute Gasteiger partial charge is 0.493 e. The number of ketones is 1. The lowest BCUT2D eigenvalue weighted by Crippen LogP contribution is -2.37. The summed E-state index contributed by atoms with van der Waals surface area (Å²) in [6.07, 6.45) is 1.04. The van der Waals surface area contributed by atoms with Crippen LogP contribution in [0.5, 0.6) is 5.75 Å². The molecule has 2 unspecified atom stereocenters. The maximum Gasteiger partial charge on any atom is 0.223 e. The molecule has 0 aromatic heterocycles. The first kappa shape index (κ1) is 16.8. The first-order chi connectivity index (χ1) is 12.6. The zero-order valence-electron chi connectivity index (χ0n) is 14.4. The number of amides is 1. The van der Waals surface area contributed by atoms with E-state index in [1.807, 2.05) is 18.2 Å². The fourth-order valence-corrected chi connectivity index (χ4v) is 3.80. The summed E-state index contributed by atoms with van der Waals surface area (Å²) >= 11 is 0. The van der Waals surface area contributed by atoms with E-state index >= 15 is 0 Å². The minimum absolute atomic E-state index is 0.0432. The van der Waals surface area contributed by atoms with Crippen molar-refractivity contribution in [2.75, 3.05) is 13.2 Å². The quantitative estimate of drug-likeness (QED) is 0.864. The van der Waals surface area contributed by atoms with E-state index < -0.39 is 12.1 Å². The Kier molecular flexibility index (Phi) is 4.47. The zero-order valence-corrected chi connectivity index (χ0v) is 14.4. The summed E-state index contributed by atoms with van der Waals surface area (Å²) in [5.41, 5.74) is 1.85. The predicted molar refractivity (Wildman–Crippen MR) is 96.1 cm³/mol. The van der Waals surface area contributed by atoms with Crippen molar-refractivity contribution in [1.82, 2.24) is 4.90 Å². The Hall–Kier alpha value is -2.66. The van der Waals surface area contributed by atoms with Crippen LogP contribution in [-0.2, 0) is 4.79 Å². The van der Waals surface area contributed by atoms with Crippen LogP contribution >= 0.6 is 0 Å². The third-order valence-corrected chi connectivity index (χ3v) is 5.11. The molecule has 2 heterocycles. The summed E-state index contributed by atoms with van der Waals surface area (Å²) < 4.78 is 5.78. The van der Waals surface area contributed by atoms with Crippen molar-refractivity contribution in [3.05, 3.63) is 65.2 Å². The summed E-state index contributed by atoms with van der Waals surface area (Å²) in [5, 5.41) is 10.7. The number of likely N-dealkylation sites (tertiary alicyclic amines) is 1. The van der Waals surface area contributed by atoms with Gasteiger partial charge in [0, 0.05) is 36.1 Å². The minimum atomic E-state index is -0.708. The van der Waals surface area contributed by atoms with E-state index in [1.165, 1.54) is 0 Å². The molecule has 0 aliphatic carbocycles. The second kappa shape index (κ2) is 6.92. The van der Waals surface area contributed by atoms with Gasteiger partial charge in [0.25, 0.3) is 0 Å². The van der Waals surface area contributed by atoms with E-state index in [1.54, 1.807) is 35.2 Å². The standard InChI is InChI=1S/C21H21NO4/c23-17-10-12-26-18-9-8-15(21(25)14-5-2-1-3-6-14)13-16(18)20(17)22-11-4-7-19(22)24/h1-3,5-6,8-9,13,17,20,23H,4,7,10-12H2. The number of benzene rings is 2. The number of nitrogens with zero attached hydrogens (tertiary/aromatic N) is 1. The van der Waals surface area contributed by atoms with E-state index in [0.29, 0.717) is 48.4 Å². The number of ether oxygens (including phenoxy) is 1. The number of aliphatic hydroxyl groups excluding tert-OH is 1. The van der Waals surface area contributed by atoms with Crippen LogP contribution in [0.15, 0.2) is 48.5 Å². The SMILES string of the molecule is O=C(c1ccccc1)c1ccc2c(c1)C(N1CCCC1=O)C(O)CCO2. The van der Waals surface area contributed by atoms with Gasteiger partial charge in [-0.05, 0) is 24.6 Å². The van der Waals surface area contributed by atoms with Gasteiger partial charge in [0.1, 0.15) is 5.75 Å². The van der Waals surface area contributed by atoms with Crippen LogP contribution in [0.4, 0.5) is 0 Å². The van der Waals surface area contributed by atoms with Crippen molar-refractivity contribution in [2.24, 2.45) is 0 Å². The van der Waals surface area contributed by atoms with Crippen LogP contribution in [0.3, 0.4) is 0 Å². The molecular formula is C21H21NO4. The van der Waals surface area contributed by atoms with Gasteiger partial charge in [-0.15, -0.1) is 0 Å². The Labute approximate surface area is 152 Å². The topological polar surface area (TPSA) is 66.8 Å². The van der Waals surface area contributed by atoms with Crippen molar-refractivity contribution in [3.8, 4) is 5.75 Å². The van der Waals surface area contributed by atoms with Crippen LogP contribution in [-0.4, -0.2) is 41.0 Å². The highest BCUT2D eigenvalue weighted by Crippen LogP contribution is 2.38. The molecule has 1 saturated heterocycles. The number of fused-ring (bicyclic) bond motifs is 1. The molecule has 2 aromatic rings. The summed E-state index contributed by atoms with van der Waals surface area (Å²) in [6.45, 7) is 1.01. The molecule has 2 atom stereocenters. The van der Waals surface area contributed by atoms with Gasteiger partial charge >= 0.3 is 0 Å². The van der Waals surface area contributed by atoms with Crippen LogP contribution in [0.1, 0.15) is 46.8 Å². The summed E-state index contributed by atoms with van der Waals surface area (Å²) in [6, 6.07) is 13.9. The second-order valence-electron chi connectivity index (χ2n) is 6.79. The molecule has 1 fully saturated rings. The molecule has 4 rings (SSSR count). The molecule has 5 nitrogen and oxygen atoms in total. The summed E-state index contributed by atoms with van der Waals surface area (Å²) in [7, 11) is 0. The van der Waals surface area contributed by atoms with Crippen molar-refractivity contribution in [2.45, 2.75) is 31.4 Å². The van der Waals surface area contributed by atoms with Gasteiger partial charge < -0.3 is 14.7 Å². The Bertz CT molecular complexity index is 833. The van der Waals surface area contributed by atoms with E-state index in [-0.39, 0.29) is 11.7 Å². The molecule has 5 heteroatoms. The monoisotopic (exact) mass is 351 g/mol. The van der Waals surface area contributed by atoms with Crippen molar-refractivity contribution >= 4 is 11.7 Å². The van der Waals surface area contributed by atoms with Gasteiger partial charge in [-0.2, -0.15) is 0 Å². The maximum absolute atomic E-state index is 12.8. The van der Waals surface area contributed by atoms with E-state index in [0.717, 1.165) is 6.42 Å². The summed E-state index contributed by atoms with van der Waals surface area (Å²) in [5.74, 6) is 0.594. The Morgan fingerprint density at radius 2 is 1.92 bits per heavy atom. The Balaban J connectivity index is 1.76. The molecule has 0 saturated carbocycles. The number of hydrogen-bond acceptors (Lipinski definition) is 4. The third-order valence-electron chi connectivity index (χ3n) is 5.11. The molecule has 1 N–H and O–H groups in total.